The number of rotatable bonds is 7. The van der Waals surface area contributed by atoms with Gasteiger partial charge in [-0.15, -0.1) is 0 Å². The van der Waals surface area contributed by atoms with E-state index in [1.165, 1.54) is 12.0 Å². The van der Waals surface area contributed by atoms with Crippen molar-refractivity contribution >= 4 is 41.0 Å². The molecule has 2 aromatic carbocycles. The van der Waals surface area contributed by atoms with Gasteiger partial charge in [0.25, 0.3) is 5.91 Å². The van der Waals surface area contributed by atoms with Crippen molar-refractivity contribution in [3.8, 4) is 17.0 Å². The van der Waals surface area contributed by atoms with Crippen molar-refractivity contribution in [3.05, 3.63) is 70.4 Å². The number of nitrogens with two attached hydrogens (primary N) is 1. The summed E-state index contributed by atoms with van der Waals surface area (Å²) in [6.07, 6.45) is 9.00. The lowest BCUT2D eigenvalue weighted by atomic mass is 9.81. The number of hydrogen-bond acceptors (Lipinski definition) is 6. The van der Waals surface area contributed by atoms with Gasteiger partial charge in [-0.3, -0.25) is 19.9 Å². The van der Waals surface area contributed by atoms with Crippen LogP contribution in [0.2, 0.25) is 0 Å². The molecule has 1 aliphatic heterocycles. The van der Waals surface area contributed by atoms with E-state index < -0.39 is 11.9 Å². The van der Waals surface area contributed by atoms with Gasteiger partial charge in [0, 0.05) is 35.3 Å². The van der Waals surface area contributed by atoms with Gasteiger partial charge in [0.15, 0.2) is 0 Å². The molecule has 0 radical (unpaired) electrons. The monoisotopic (exact) mass is 540 g/mol. The zero-order chi connectivity index (χ0) is 28.4. The molecule has 0 atom stereocenters. The zero-order valence-corrected chi connectivity index (χ0v) is 22.6. The number of carbonyl (C=O) groups excluding carboxylic acids is 2. The van der Waals surface area contributed by atoms with E-state index in [-0.39, 0.29) is 11.3 Å². The number of carboxylic acid groups (broad SMARTS) is 1. The predicted molar refractivity (Wildman–Crippen MR) is 155 cm³/mol. The Morgan fingerprint density at radius 3 is 2.58 bits per heavy atom. The number of carbonyl (C=O) groups is 3. The third kappa shape index (κ3) is 4.68. The Labute approximate surface area is 232 Å². The maximum Gasteiger partial charge on any atom is 0.339 e. The van der Waals surface area contributed by atoms with Crippen molar-refractivity contribution in [2.24, 2.45) is 10.7 Å². The average molecular weight is 541 g/mol. The highest BCUT2D eigenvalue weighted by Gasteiger charge is 2.31. The Morgan fingerprint density at radius 2 is 1.93 bits per heavy atom. The van der Waals surface area contributed by atoms with Crippen LogP contribution in [0.15, 0.2) is 58.7 Å². The zero-order valence-electron chi connectivity index (χ0n) is 22.6. The van der Waals surface area contributed by atoms with Crippen molar-refractivity contribution in [2.75, 3.05) is 14.2 Å². The fourth-order valence-electron chi connectivity index (χ4n) is 6.15. The van der Waals surface area contributed by atoms with Crippen LogP contribution in [0.1, 0.15) is 59.5 Å². The molecule has 40 heavy (non-hydrogen) atoms. The lowest BCUT2D eigenvalue weighted by Gasteiger charge is -2.24. The van der Waals surface area contributed by atoms with E-state index >= 15 is 0 Å². The third-order valence-corrected chi connectivity index (χ3v) is 7.92. The molecule has 0 saturated heterocycles. The van der Waals surface area contributed by atoms with Crippen LogP contribution in [0.3, 0.4) is 0 Å². The number of nitrogens with one attached hydrogen (secondary N) is 1. The molecule has 4 N–H and O–H groups in total. The minimum atomic E-state index is -1.17. The van der Waals surface area contributed by atoms with Gasteiger partial charge >= 0.3 is 5.97 Å². The van der Waals surface area contributed by atoms with E-state index in [0.717, 1.165) is 59.6 Å². The molecular formula is C31H32N4O5. The van der Waals surface area contributed by atoms with E-state index in [4.69, 9.17) is 10.5 Å². The van der Waals surface area contributed by atoms with Crippen LogP contribution in [0.5, 0.6) is 5.75 Å². The first-order valence-corrected chi connectivity index (χ1v) is 13.3. The fraction of sp³-hybridized carbons (Fsp3) is 0.290. The molecule has 0 unspecified atom stereocenters. The number of ether oxygens (including phenoxy) is 1. The number of carboxylic acids is 1. The first-order valence-electron chi connectivity index (χ1n) is 13.3. The number of amides is 2. The molecule has 0 spiro atoms. The number of imide groups is 1. The normalized spacial score (nSPS) is 16.0. The van der Waals surface area contributed by atoms with E-state index in [1.54, 1.807) is 26.3 Å². The molecular weight excluding hydrogens is 508 g/mol. The maximum absolute atomic E-state index is 12.6. The summed E-state index contributed by atoms with van der Waals surface area (Å²) >= 11 is 0. The quantitative estimate of drug-likeness (QED) is 0.227. The first kappa shape index (κ1) is 26.9. The van der Waals surface area contributed by atoms with Crippen molar-refractivity contribution in [1.29, 1.82) is 0 Å². The van der Waals surface area contributed by atoms with E-state index in [0.29, 0.717) is 35.8 Å². The number of hydrogen-bond donors (Lipinski definition) is 3. The summed E-state index contributed by atoms with van der Waals surface area (Å²) in [6, 6.07) is 11.4. The summed E-state index contributed by atoms with van der Waals surface area (Å²) in [7, 11) is 3.15. The molecule has 2 amide bonds. The summed E-state index contributed by atoms with van der Waals surface area (Å²) in [5.41, 5.74) is 11.9. The van der Waals surface area contributed by atoms with Crippen LogP contribution in [0.4, 0.5) is 0 Å². The van der Waals surface area contributed by atoms with Gasteiger partial charge in [0.2, 0.25) is 6.41 Å². The average Bonchev–Trinajstić information content (AvgIpc) is 3.18. The molecule has 206 valence electrons. The molecule has 1 aliphatic carbocycles. The largest absolute Gasteiger partial charge is 0.497 e. The molecule has 2 heterocycles. The maximum atomic E-state index is 12.6. The lowest BCUT2D eigenvalue weighted by molar-refractivity contribution is -0.132. The van der Waals surface area contributed by atoms with Crippen LogP contribution in [-0.2, 0) is 16.1 Å². The Bertz CT molecular complexity index is 1610. The molecule has 1 fully saturated rings. The van der Waals surface area contributed by atoms with Crippen LogP contribution >= 0.6 is 0 Å². The van der Waals surface area contributed by atoms with Gasteiger partial charge in [-0.05, 0) is 71.9 Å². The van der Waals surface area contributed by atoms with Crippen LogP contribution in [0, 0.1) is 0 Å². The van der Waals surface area contributed by atoms with Gasteiger partial charge in [0.05, 0.1) is 25.1 Å². The van der Waals surface area contributed by atoms with E-state index in [9.17, 15) is 19.5 Å². The van der Waals surface area contributed by atoms with Crippen LogP contribution < -0.4 is 15.8 Å². The molecule has 2 aliphatic rings. The van der Waals surface area contributed by atoms with Gasteiger partial charge < -0.3 is 20.1 Å². The third-order valence-electron chi connectivity index (χ3n) is 7.92. The van der Waals surface area contributed by atoms with Gasteiger partial charge in [0.1, 0.15) is 11.3 Å². The Hall–Kier alpha value is -4.66. The van der Waals surface area contributed by atoms with Crippen LogP contribution in [-0.4, -0.2) is 47.8 Å². The summed E-state index contributed by atoms with van der Waals surface area (Å²) in [6.45, 7) is 0.297. The molecule has 5 rings (SSSR count). The summed E-state index contributed by atoms with van der Waals surface area (Å²) in [5.74, 6) is -0.658. The van der Waals surface area contributed by atoms with Crippen LogP contribution in [0.25, 0.3) is 28.2 Å². The van der Waals surface area contributed by atoms with Crippen molar-refractivity contribution in [2.45, 2.75) is 44.6 Å². The standard InChI is InChI=1S/C31H32N4O5/c1-33-28(25(15-32)31(38)39)21-12-20-13-22(40-2)9-11-23(20)29-27(18-6-4-3-5-7-18)24-10-8-19(30(37)34-17-36)14-26(24)35(29)16-21/h8-15,17-18H,3-7,16,32H2,1-2H3,(H,38,39)(H,34,36,37). The smallest absolute Gasteiger partial charge is 0.339 e. The first-order chi connectivity index (χ1) is 19.4. The van der Waals surface area contributed by atoms with Gasteiger partial charge in [-0.1, -0.05) is 25.3 Å². The highest BCUT2D eigenvalue weighted by molar-refractivity contribution is 6.27. The number of benzene rings is 2. The van der Waals surface area contributed by atoms with E-state index in [2.05, 4.69) is 14.9 Å². The molecule has 9 nitrogen and oxygen atoms in total. The van der Waals surface area contributed by atoms with Crippen molar-refractivity contribution < 1.29 is 24.2 Å². The van der Waals surface area contributed by atoms with Crippen molar-refractivity contribution in [3.63, 3.8) is 0 Å². The minimum absolute atomic E-state index is 0.100. The Kier molecular flexibility index (Phi) is 7.55. The topological polar surface area (TPSA) is 136 Å². The number of nitrogens with zero attached hydrogens (tertiary/aromatic N) is 2. The Morgan fingerprint density at radius 1 is 1.15 bits per heavy atom. The number of fused-ring (bicyclic) bond motifs is 5. The number of aliphatic carboxylic acids is 1. The molecule has 1 aromatic heterocycles. The summed E-state index contributed by atoms with van der Waals surface area (Å²) < 4.78 is 7.68. The number of aromatic nitrogens is 1. The second-order valence-electron chi connectivity index (χ2n) is 10.1. The molecule has 0 bridgehead atoms. The lowest BCUT2D eigenvalue weighted by Crippen LogP contribution is -2.21. The predicted octanol–water partition coefficient (Wildman–Crippen LogP) is 4.65. The second-order valence-corrected chi connectivity index (χ2v) is 10.1. The minimum Gasteiger partial charge on any atom is -0.497 e. The van der Waals surface area contributed by atoms with Gasteiger partial charge in [-0.25, -0.2) is 4.79 Å². The molecule has 3 aromatic rings. The highest BCUT2D eigenvalue weighted by Crippen LogP contribution is 2.47. The number of allylic oxidation sites excluding steroid dienone is 1. The Balaban J connectivity index is 1.85. The van der Waals surface area contributed by atoms with Gasteiger partial charge in [-0.2, -0.15) is 0 Å². The fourth-order valence-corrected chi connectivity index (χ4v) is 6.15. The SMILES string of the molecule is CN=C(C1=Cc2cc(OC)ccc2-c2c(C3CCCCC3)c3ccc(C(=O)NC=O)cc3n2C1)C(=CN)C(=O)O. The number of aliphatic imine (C=N–C) groups is 1. The molecule has 9 heteroatoms. The summed E-state index contributed by atoms with van der Waals surface area (Å²) in [5, 5.41) is 13.2. The molecule has 1 saturated carbocycles. The van der Waals surface area contributed by atoms with Crippen molar-refractivity contribution in [1.82, 2.24) is 9.88 Å². The summed E-state index contributed by atoms with van der Waals surface area (Å²) in [4.78, 5) is 40.1. The second kappa shape index (κ2) is 11.2. The highest BCUT2D eigenvalue weighted by atomic mass is 16.5. The number of methoxy groups -OCH3 is 1. The van der Waals surface area contributed by atoms with E-state index in [1.807, 2.05) is 30.3 Å².